The number of fused-ring (bicyclic) bond motifs is 1. The van der Waals surface area contributed by atoms with E-state index in [-0.39, 0.29) is 11.2 Å². The van der Waals surface area contributed by atoms with Crippen LogP contribution in [0.15, 0.2) is 10.6 Å². The molecule has 2 fully saturated rings. The summed E-state index contributed by atoms with van der Waals surface area (Å²) in [5, 5.41) is 3.40. The third-order valence-electron chi connectivity index (χ3n) is 3.77. The molecule has 2 aliphatic heterocycles. The van der Waals surface area contributed by atoms with Gasteiger partial charge in [0.05, 0.1) is 6.20 Å². The van der Waals surface area contributed by atoms with Crippen molar-refractivity contribution in [3.8, 4) is 0 Å². The molecule has 2 unspecified atom stereocenters. The molecule has 0 aromatic rings. The number of hydrogen-bond acceptors (Lipinski definition) is 3. The van der Waals surface area contributed by atoms with Crippen LogP contribution < -0.4 is 5.32 Å². The van der Waals surface area contributed by atoms with Crippen LogP contribution in [0.5, 0.6) is 0 Å². The summed E-state index contributed by atoms with van der Waals surface area (Å²) in [6, 6.07) is 0.516. The minimum absolute atomic E-state index is 0.106. The number of nitrogens with zero attached hydrogens (tertiary/aromatic N) is 1. The summed E-state index contributed by atoms with van der Waals surface area (Å²) < 4.78 is 0. The van der Waals surface area contributed by atoms with E-state index in [1.807, 2.05) is 0 Å². The molecule has 0 amide bonds. The van der Waals surface area contributed by atoms with Crippen molar-refractivity contribution < 1.29 is 4.79 Å². The van der Waals surface area contributed by atoms with E-state index in [0.717, 1.165) is 18.5 Å². The van der Waals surface area contributed by atoms with Gasteiger partial charge in [0.15, 0.2) is 5.78 Å². The molecule has 0 spiro atoms. The van der Waals surface area contributed by atoms with Crippen molar-refractivity contribution in [2.75, 3.05) is 6.54 Å². The van der Waals surface area contributed by atoms with Crippen LogP contribution in [0.4, 0.5) is 0 Å². The third kappa shape index (κ3) is 0.906. The number of hydrogen-bond donors (Lipinski definition) is 1. The number of nitrogens with one attached hydrogen (secondary N) is 1. The van der Waals surface area contributed by atoms with Gasteiger partial charge in [-0.3, -0.25) is 9.79 Å². The molecule has 1 saturated carbocycles. The molecule has 1 N–H and O–H groups in total. The van der Waals surface area contributed by atoms with Crippen LogP contribution in [0.3, 0.4) is 0 Å². The highest BCUT2D eigenvalue weighted by molar-refractivity contribution is 6.05. The highest BCUT2D eigenvalue weighted by atomic mass is 16.1. The van der Waals surface area contributed by atoms with Crippen LogP contribution in [-0.4, -0.2) is 24.6 Å². The zero-order valence-corrected chi connectivity index (χ0v) is 8.05. The number of Topliss-reactive ketones (excluding diaryl/α,β-unsaturated/α-hetero) is 1. The maximum atomic E-state index is 11.7. The molecule has 3 rings (SSSR count). The Kier molecular flexibility index (Phi) is 1.65. The van der Waals surface area contributed by atoms with Gasteiger partial charge in [0.2, 0.25) is 0 Å². The van der Waals surface area contributed by atoms with Gasteiger partial charge in [-0.15, -0.1) is 0 Å². The van der Waals surface area contributed by atoms with Crippen molar-refractivity contribution in [3.05, 3.63) is 11.8 Å². The van der Waals surface area contributed by atoms with E-state index in [1.165, 1.54) is 12.8 Å². The first-order valence-electron chi connectivity index (χ1n) is 5.24. The smallest absolute Gasteiger partial charge is 0.167 e. The maximum absolute atomic E-state index is 11.7. The lowest BCUT2D eigenvalue weighted by atomic mass is 9.68. The Morgan fingerprint density at radius 1 is 1.64 bits per heavy atom. The summed E-state index contributed by atoms with van der Waals surface area (Å²) >= 11 is 0. The van der Waals surface area contributed by atoms with E-state index in [9.17, 15) is 4.79 Å². The van der Waals surface area contributed by atoms with Crippen molar-refractivity contribution in [2.45, 2.75) is 31.7 Å². The highest BCUT2D eigenvalue weighted by Gasteiger charge is 2.53. The standard InChI is InChI=1S/C11H13N2O/c14-9-3-5-12-6-8(9)11-4-1-2-10(11)13-7-11/h5,10,13H,1-4,7H2. The number of aliphatic imine (C=N–C) groups is 1. The van der Waals surface area contributed by atoms with Crippen LogP contribution in [0.1, 0.15) is 25.7 Å². The number of ketones is 1. The Bertz CT molecular complexity index is 345. The zero-order chi connectivity index (χ0) is 9.60. The molecule has 73 valence electrons. The first kappa shape index (κ1) is 8.36. The van der Waals surface area contributed by atoms with Crippen LogP contribution >= 0.6 is 0 Å². The van der Waals surface area contributed by atoms with Crippen LogP contribution in [0.2, 0.25) is 0 Å². The van der Waals surface area contributed by atoms with Gasteiger partial charge in [-0.25, -0.2) is 0 Å². The van der Waals surface area contributed by atoms with Crippen LogP contribution in [0.25, 0.3) is 0 Å². The average molecular weight is 189 g/mol. The molecule has 0 aromatic carbocycles. The number of carbonyl (C=O) groups is 1. The first-order valence-corrected chi connectivity index (χ1v) is 5.24. The molecule has 2 atom stereocenters. The second-order valence-electron chi connectivity index (χ2n) is 4.41. The van der Waals surface area contributed by atoms with Crippen molar-refractivity contribution >= 4 is 12.0 Å². The zero-order valence-electron chi connectivity index (χ0n) is 8.05. The minimum atomic E-state index is 0.106. The van der Waals surface area contributed by atoms with Crippen LogP contribution in [0, 0.1) is 11.6 Å². The topological polar surface area (TPSA) is 41.5 Å². The van der Waals surface area contributed by atoms with Gasteiger partial charge in [0.1, 0.15) is 0 Å². The summed E-state index contributed by atoms with van der Waals surface area (Å²) in [7, 11) is 0. The van der Waals surface area contributed by atoms with Gasteiger partial charge in [0.25, 0.3) is 0 Å². The van der Waals surface area contributed by atoms with Crippen molar-refractivity contribution in [1.29, 1.82) is 0 Å². The Hall–Kier alpha value is -0.960. The van der Waals surface area contributed by atoms with E-state index in [1.54, 1.807) is 6.21 Å². The molecule has 3 nitrogen and oxygen atoms in total. The van der Waals surface area contributed by atoms with Crippen molar-refractivity contribution in [3.63, 3.8) is 0 Å². The number of rotatable bonds is 1. The van der Waals surface area contributed by atoms with E-state index < -0.39 is 0 Å². The molecular weight excluding hydrogens is 176 g/mol. The van der Waals surface area contributed by atoms with Gasteiger partial charge in [0, 0.05) is 36.2 Å². The highest BCUT2D eigenvalue weighted by Crippen LogP contribution is 2.49. The number of carbonyl (C=O) groups excluding carboxylic acids is 1. The molecule has 2 heterocycles. The van der Waals surface area contributed by atoms with Gasteiger partial charge >= 0.3 is 0 Å². The fourth-order valence-electron chi connectivity index (χ4n) is 2.94. The predicted molar refractivity (Wildman–Crippen MR) is 52.9 cm³/mol. The monoisotopic (exact) mass is 189 g/mol. The third-order valence-corrected chi connectivity index (χ3v) is 3.77. The fourth-order valence-corrected chi connectivity index (χ4v) is 2.94. The van der Waals surface area contributed by atoms with Crippen molar-refractivity contribution in [1.82, 2.24) is 5.32 Å². The molecule has 0 aromatic heterocycles. The molecule has 1 aliphatic carbocycles. The lowest BCUT2D eigenvalue weighted by Gasteiger charge is -2.47. The lowest BCUT2D eigenvalue weighted by Crippen LogP contribution is -2.61. The van der Waals surface area contributed by atoms with E-state index in [0.29, 0.717) is 12.5 Å². The lowest BCUT2D eigenvalue weighted by molar-refractivity contribution is -0.116. The Morgan fingerprint density at radius 2 is 2.57 bits per heavy atom. The summed E-state index contributed by atoms with van der Waals surface area (Å²) in [6.45, 7) is 0.946. The molecule has 3 heteroatoms. The maximum Gasteiger partial charge on any atom is 0.167 e. The normalized spacial score (nSPS) is 40.4. The summed E-state index contributed by atoms with van der Waals surface area (Å²) in [4.78, 5) is 15.8. The first-order chi connectivity index (χ1) is 6.83. The average Bonchev–Trinajstić information content (AvgIpc) is 2.45. The van der Waals surface area contributed by atoms with Gasteiger partial charge < -0.3 is 5.32 Å². The quantitative estimate of drug-likeness (QED) is 0.664. The summed E-state index contributed by atoms with van der Waals surface area (Å²) in [5.74, 6) is 0.230. The molecule has 3 aliphatic rings. The van der Waals surface area contributed by atoms with Crippen molar-refractivity contribution in [2.24, 2.45) is 10.4 Å². The second kappa shape index (κ2) is 2.76. The Balaban J connectivity index is 1.97. The van der Waals surface area contributed by atoms with Gasteiger partial charge in [-0.2, -0.15) is 0 Å². The Morgan fingerprint density at radius 3 is 3.21 bits per heavy atom. The Labute approximate surface area is 83.3 Å². The summed E-state index contributed by atoms with van der Waals surface area (Å²) in [5.41, 5.74) is 0.968. The molecule has 1 radical (unpaired) electrons. The van der Waals surface area contributed by atoms with Gasteiger partial charge in [-0.1, -0.05) is 6.42 Å². The predicted octanol–water partition coefficient (Wildman–Crippen LogP) is 0.859. The van der Waals surface area contributed by atoms with E-state index in [4.69, 9.17) is 0 Å². The van der Waals surface area contributed by atoms with Crippen LogP contribution in [-0.2, 0) is 4.79 Å². The summed E-state index contributed by atoms with van der Waals surface area (Å²) in [6.07, 6.45) is 8.60. The largest absolute Gasteiger partial charge is 0.312 e. The second-order valence-corrected chi connectivity index (χ2v) is 4.41. The molecular formula is C11H13N2O. The SMILES string of the molecule is O=C1CC=N[C]=C1C12CCCC1NC2. The van der Waals surface area contributed by atoms with E-state index in [2.05, 4.69) is 16.5 Å². The molecule has 14 heavy (non-hydrogen) atoms. The minimum Gasteiger partial charge on any atom is -0.312 e. The van der Waals surface area contributed by atoms with E-state index >= 15 is 0 Å². The molecule has 0 bridgehead atoms. The fraction of sp³-hybridized carbons (Fsp3) is 0.636. The molecule has 1 saturated heterocycles. The van der Waals surface area contributed by atoms with Gasteiger partial charge in [-0.05, 0) is 12.8 Å².